The molecule has 0 saturated heterocycles. The van der Waals surface area contributed by atoms with Gasteiger partial charge in [-0.25, -0.2) is 25.3 Å². The maximum atomic E-state index is 10.7. The summed E-state index contributed by atoms with van der Waals surface area (Å²) >= 11 is 0. The number of benzene rings is 3. The number of para-hydroxylation sites is 3. The van der Waals surface area contributed by atoms with Crippen LogP contribution in [0.1, 0.15) is 20.8 Å². The Kier molecular flexibility index (Phi) is 16.0. The second-order valence-electron chi connectivity index (χ2n) is 7.00. The van der Waals surface area contributed by atoms with Crippen molar-refractivity contribution in [3.05, 3.63) is 72.8 Å². The summed E-state index contributed by atoms with van der Waals surface area (Å²) in [5.74, 6) is 0.333. The van der Waals surface area contributed by atoms with Gasteiger partial charge in [-0.3, -0.25) is 0 Å². The summed E-state index contributed by atoms with van der Waals surface area (Å²) in [6.07, 6.45) is 0. The first-order valence-corrected chi connectivity index (χ1v) is 15.4. The molecule has 0 unspecified atom stereocenters. The summed E-state index contributed by atoms with van der Waals surface area (Å²) in [4.78, 5) is -0.925. The van der Waals surface area contributed by atoms with Crippen molar-refractivity contribution < 1.29 is 70.2 Å². The Morgan fingerprint density at radius 1 is 0.475 bits per heavy atom. The molecule has 0 bridgehead atoms. The molecular weight excluding hydrogens is 632 g/mol. The van der Waals surface area contributed by atoms with Crippen LogP contribution < -0.4 is 14.2 Å². The van der Waals surface area contributed by atoms with Gasteiger partial charge in [0.25, 0.3) is 0 Å². The van der Waals surface area contributed by atoms with Crippen LogP contribution in [0, 0.1) is 0 Å². The van der Waals surface area contributed by atoms with Crippen LogP contribution in [-0.4, -0.2) is 58.7 Å². The van der Waals surface area contributed by atoms with E-state index in [4.69, 9.17) is 14.2 Å². The average Bonchev–Trinajstić information content (AvgIpc) is 2.85. The molecule has 0 amide bonds. The Hall–Kier alpha value is -2.69. The van der Waals surface area contributed by atoms with Crippen LogP contribution in [0.3, 0.4) is 0 Å². The van der Waals surface area contributed by atoms with Crippen molar-refractivity contribution in [1.29, 1.82) is 0 Å². The molecule has 0 aliphatic rings. The maximum absolute atomic E-state index is 10.7. The maximum Gasteiger partial charge on any atom is 3.00 e. The summed E-state index contributed by atoms with van der Waals surface area (Å²) in [5.41, 5.74) is 0. The van der Waals surface area contributed by atoms with Crippen molar-refractivity contribution in [2.24, 2.45) is 0 Å². The second kappa shape index (κ2) is 17.2. The van der Waals surface area contributed by atoms with Crippen molar-refractivity contribution in [2.45, 2.75) is 35.5 Å². The molecule has 221 valence electrons. The SMILES string of the molecule is CCOc1ccccc1S(=O)(=O)[O-].CCOc1ccccc1S(=O)(=O)[O-].CCOc1ccccc1S(=O)(=O)[O-].[Fe+3]. The van der Waals surface area contributed by atoms with E-state index in [1.54, 1.807) is 39.0 Å². The third-order valence-corrected chi connectivity index (χ3v) is 6.88. The number of hydrogen-bond donors (Lipinski definition) is 0. The largest absolute Gasteiger partial charge is 3.00 e. The molecule has 0 aliphatic carbocycles. The van der Waals surface area contributed by atoms with E-state index >= 15 is 0 Å². The Labute approximate surface area is 245 Å². The van der Waals surface area contributed by atoms with Crippen LogP contribution >= 0.6 is 0 Å². The second-order valence-corrected chi connectivity index (χ2v) is 11.0. The third-order valence-electron chi connectivity index (χ3n) is 4.26. The van der Waals surface area contributed by atoms with Gasteiger partial charge in [-0.1, -0.05) is 36.4 Å². The molecule has 3 aromatic rings. The van der Waals surface area contributed by atoms with E-state index < -0.39 is 30.4 Å². The van der Waals surface area contributed by atoms with Crippen molar-refractivity contribution >= 4 is 30.4 Å². The Balaban J connectivity index is 0.000000563. The van der Waals surface area contributed by atoms with Crippen LogP contribution in [0.5, 0.6) is 17.2 Å². The molecule has 0 aliphatic heterocycles. The van der Waals surface area contributed by atoms with E-state index in [0.29, 0.717) is 19.8 Å². The third kappa shape index (κ3) is 12.7. The fraction of sp³-hybridized carbons (Fsp3) is 0.250. The molecule has 0 heterocycles. The number of rotatable bonds is 9. The topological polar surface area (TPSA) is 199 Å². The van der Waals surface area contributed by atoms with Gasteiger partial charge >= 0.3 is 17.1 Å². The molecular formula is C24H27FeO12S3. The summed E-state index contributed by atoms with van der Waals surface area (Å²) in [7, 11) is -13.3. The summed E-state index contributed by atoms with van der Waals surface area (Å²) in [6, 6.07) is 17.3. The predicted octanol–water partition coefficient (Wildman–Crippen LogP) is 2.97. The van der Waals surface area contributed by atoms with Crippen LogP contribution in [0.15, 0.2) is 87.5 Å². The van der Waals surface area contributed by atoms with Gasteiger partial charge < -0.3 is 27.9 Å². The first-order chi connectivity index (χ1) is 18.2. The zero-order valence-corrected chi connectivity index (χ0v) is 25.1. The molecule has 0 fully saturated rings. The van der Waals surface area contributed by atoms with Gasteiger partial charge in [0.1, 0.15) is 47.6 Å². The fourth-order valence-electron chi connectivity index (χ4n) is 2.79. The zero-order chi connectivity index (χ0) is 29.7. The monoisotopic (exact) mass is 659 g/mol. The summed E-state index contributed by atoms with van der Waals surface area (Å²) in [6.45, 7) is 6.13. The molecule has 0 spiro atoms. The molecule has 3 aromatic carbocycles. The van der Waals surface area contributed by atoms with E-state index in [9.17, 15) is 38.9 Å². The van der Waals surface area contributed by atoms with Crippen LogP contribution in [0.2, 0.25) is 0 Å². The number of hydrogen-bond acceptors (Lipinski definition) is 12. The minimum atomic E-state index is -4.43. The minimum Gasteiger partial charge on any atom is -0.744 e. The van der Waals surface area contributed by atoms with Crippen molar-refractivity contribution in [2.75, 3.05) is 19.8 Å². The van der Waals surface area contributed by atoms with Gasteiger partial charge in [0.15, 0.2) is 0 Å². The number of ether oxygens (including phenoxy) is 3. The normalized spacial score (nSPS) is 10.9. The van der Waals surface area contributed by atoms with E-state index in [1.165, 1.54) is 54.6 Å². The predicted molar refractivity (Wildman–Crippen MR) is 137 cm³/mol. The van der Waals surface area contributed by atoms with Crippen LogP contribution in [-0.2, 0) is 47.4 Å². The molecule has 0 N–H and O–H groups in total. The first-order valence-electron chi connectivity index (χ1n) is 11.2. The molecule has 0 saturated carbocycles. The molecule has 0 atom stereocenters. The van der Waals surface area contributed by atoms with Gasteiger partial charge in [0.05, 0.1) is 34.5 Å². The van der Waals surface area contributed by atoms with Crippen LogP contribution in [0.25, 0.3) is 0 Å². The van der Waals surface area contributed by atoms with Crippen LogP contribution in [0.4, 0.5) is 0 Å². The van der Waals surface area contributed by atoms with Crippen molar-refractivity contribution in [3.8, 4) is 17.2 Å². The van der Waals surface area contributed by atoms with Gasteiger partial charge in [-0.05, 0) is 57.2 Å². The molecule has 0 aromatic heterocycles. The van der Waals surface area contributed by atoms with E-state index in [-0.39, 0.29) is 49.0 Å². The Morgan fingerprint density at radius 2 is 0.675 bits per heavy atom. The first kappa shape index (κ1) is 37.3. The minimum absolute atomic E-state index is 0. The molecule has 1 radical (unpaired) electrons. The molecule has 16 heteroatoms. The van der Waals surface area contributed by atoms with Gasteiger partial charge in [-0.15, -0.1) is 0 Å². The fourth-order valence-corrected chi connectivity index (χ4v) is 4.65. The van der Waals surface area contributed by atoms with E-state index in [1.807, 2.05) is 0 Å². The molecule has 12 nitrogen and oxygen atoms in total. The Morgan fingerprint density at radius 3 is 0.850 bits per heavy atom. The van der Waals surface area contributed by atoms with Crippen molar-refractivity contribution in [3.63, 3.8) is 0 Å². The zero-order valence-electron chi connectivity index (χ0n) is 21.5. The van der Waals surface area contributed by atoms with Gasteiger partial charge in [0.2, 0.25) is 0 Å². The molecule has 40 heavy (non-hydrogen) atoms. The van der Waals surface area contributed by atoms with E-state index in [0.717, 1.165) is 0 Å². The van der Waals surface area contributed by atoms with Gasteiger partial charge in [-0.2, -0.15) is 0 Å². The Bertz CT molecular complexity index is 1340. The molecule has 3 rings (SSSR count). The summed E-state index contributed by atoms with van der Waals surface area (Å²) < 4.78 is 111. The van der Waals surface area contributed by atoms with Crippen molar-refractivity contribution in [1.82, 2.24) is 0 Å². The van der Waals surface area contributed by atoms with E-state index in [2.05, 4.69) is 0 Å². The van der Waals surface area contributed by atoms with Gasteiger partial charge in [0, 0.05) is 0 Å². The summed E-state index contributed by atoms with van der Waals surface area (Å²) in [5, 5.41) is 0. The quantitative estimate of drug-likeness (QED) is 0.241. The standard InChI is InChI=1S/3C8H10O4S.Fe/c3*1-2-12-7-5-3-4-6-8(7)13(9,10)11;/h3*3-6H,2H2,1H3,(H,9,10,11);/q;;;+3/p-3. The smallest absolute Gasteiger partial charge is 0.744 e. The average molecular weight is 660 g/mol.